The van der Waals surface area contributed by atoms with Crippen molar-refractivity contribution in [3.05, 3.63) is 24.0 Å². The maximum atomic E-state index is 12.2. The molecule has 1 aliphatic heterocycles. The Kier molecular flexibility index (Phi) is 7.05. The minimum atomic E-state index is -0.622. The number of ether oxygens (including phenoxy) is 2. The van der Waals surface area contributed by atoms with Gasteiger partial charge in [0.15, 0.2) is 0 Å². The van der Waals surface area contributed by atoms with E-state index in [2.05, 4.69) is 22.1 Å². The second kappa shape index (κ2) is 9.06. The van der Waals surface area contributed by atoms with Crippen molar-refractivity contribution in [3.8, 4) is 0 Å². The number of carbonyl (C=O) groups is 2. The average Bonchev–Trinajstić information content (AvgIpc) is 2.60. The lowest BCUT2D eigenvalue weighted by molar-refractivity contribution is -0.141. The fourth-order valence-electron chi connectivity index (χ4n) is 3.23. The van der Waals surface area contributed by atoms with Gasteiger partial charge < -0.3 is 19.7 Å². The largest absolute Gasteiger partial charge is 0.469 e. The summed E-state index contributed by atoms with van der Waals surface area (Å²) in [7, 11) is 1.33. The van der Waals surface area contributed by atoms with Gasteiger partial charge in [-0.25, -0.2) is 4.79 Å². The zero-order chi connectivity index (χ0) is 20.0. The van der Waals surface area contributed by atoms with Crippen LogP contribution in [0.4, 0.5) is 10.5 Å². The first-order chi connectivity index (χ1) is 12.7. The number of piperidine rings is 1. The number of anilines is 1. The molecule has 1 amide bonds. The molecule has 0 spiro atoms. The smallest absolute Gasteiger partial charge is 0.408 e. The van der Waals surface area contributed by atoms with Crippen molar-refractivity contribution in [2.75, 3.05) is 18.6 Å². The van der Waals surface area contributed by atoms with E-state index in [1.54, 1.807) is 27.0 Å². The summed E-state index contributed by atoms with van der Waals surface area (Å²) >= 11 is 0. The molecule has 27 heavy (non-hydrogen) atoms. The molecule has 2 unspecified atom stereocenters. The maximum Gasteiger partial charge on any atom is 0.408 e. The molecule has 0 bridgehead atoms. The normalized spacial score (nSPS) is 18.6. The molecule has 7 nitrogen and oxygen atoms in total. The van der Waals surface area contributed by atoms with Crippen molar-refractivity contribution in [1.29, 1.82) is 0 Å². The van der Waals surface area contributed by atoms with Crippen molar-refractivity contribution in [1.82, 2.24) is 10.3 Å². The molecule has 7 heteroatoms. The predicted molar refractivity (Wildman–Crippen MR) is 104 cm³/mol. The van der Waals surface area contributed by atoms with Crippen LogP contribution >= 0.6 is 0 Å². The Labute approximate surface area is 161 Å². The number of esters is 1. The number of carbonyl (C=O) groups excluding carboxylic acids is 2. The minimum absolute atomic E-state index is 0.0103. The van der Waals surface area contributed by atoms with Crippen molar-refractivity contribution in [2.24, 2.45) is 0 Å². The highest BCUT2D eigenvalue weighted by atomic mass is 16.6. The number of rotatable bonds is 5. The maximum absolute atomic E-state index is 12.2. The second-order valence-corrected chi connectivity index (χ2v) is 7.99. The third-order valence-electron chi connectivity index (χ3n) is 4.57. The van der Waals surface area contributed by atoms with E-state index >= 15 is 0 Å². The van der Waals surface area contributed by atoms with Crippen LogP contribution in [0.5, 0.6) is 0 Å². The van der Waals surface area contributed by atoms with Gasteiger partial charge in [0.25, 0.3) is 0 Å². The van der Waals surface area contributed by atoms with Gasteiger partial charge in [0.05, 0.1) is 31.5 Å². The van der Waals surface area contributed by atoms with Gasteiger partial charge in [-0.05, 0) is 58.6 Å². The van der Waals surface area contributed by atoms with Gasteiger partial charge in [0.2, 0.25) is 0 Å². The summed E-state index contributed by atoms with van der Waals surface area (Å²) in [5.41, 5.74) is 1.13. The minimum Gasteiger partial charge on any atom is -0.469 e. The van der Waals surface area contributed by atoms with Crippen LogP contribution in [-0.4, -0.2) is 42.3 Å². The SMILES string of the molecule is COC(=O)CC(NC(=O)OC(C)(C)C)c1cncc(N2CCCCC2C)c1. The van der Waals surface area contributed by atoms with Crippen LogP contribution in [0, 0.1) is 0 Å². The van der Waals surface area contributed by atoms with E-state index in [0.717, 1.165) is 30.6 Å². The van der Waals surface area contributed by atoms with Gasteiger partial charge in [0.1, 0.15) is 5.60 Å². The van der Waals surface area contributed by atoms with Gasteiger partial charge >= 0.3 is 12.1 Å². The van der Waals surface area contributed by atoms with Crippen LogP contribution in [0.1, 0.15) is 65.0 Å². The van der Waals surface area contributed by atoms with Gasteiger partial charge in [-0.1, -0.05) is 0 Å². The summed E-state index contributed by atoms with van der Waals surface area (Å²) in [5.74, 6) is -0.409. The van der Waals surface area contributed by atoms with Crippen LogP contribution in [0.25, 0.3) is 0 Å². The number of amides is 1. The number of alkyl carbamates (subject to hydrolysis) is 1. The van der Waals surface area contributed by atoms with Crippen molar-refractivity contribution in [2.45, 2.75) is 71.1 Å². The molecule has 0 aromatic carbocycles. The molecule has 0 saturated carbocycles. The molecule has 0 aliphatic carbocycles. The summed E-state index contributed by atoms with van der Waals surface area (Å²) in [5, 5.41) is 2.78. The van der Waals surface area contributed by atoms with E-state index in [1.807, 2.05) is 12.3 Å². The van der Waals surface area contributed by atoms with Gasteiger partial charge in [-0.3, -0.25) is 9.78 Å². The Hall–Kier alpha value is -2.31. The average molecular weight is 377 g/mol. The van der Waals surface area contributed by atoms with Crippen LogP contribution < -0.4 is 10.2 Å². The molecule has 1 fully saturated rings. The highest BCUT2D eigenvalue weighted by molar-refractivity contribution is 5.73. The molecule has 1 aliphatic rings. The number of hydrogen-bond acceptors (Lipinski definition) is 6. The lowest BCUT2D eigenvalue weighted by Crippen LogP contribution is -2.38. The number of hydrogen-bond donors (Lipinski definition) is 1. The van der Waals surface area contributed by atoms with Crippen molar-refractivity contribution < 1.29 is 19.1 Å². The van der Waals surface area contributed by atoms with E-state index < -0.39 is 23.7 Å². The van der Waals surface area contributed by atoms with Crippen LogP contribution in [0.3, 0.4) is 0 Å². The van der Waals surface area contributed by atoms with Crippen LogP contribution in [0.15, 0.2) is 18.5 Å². The fraction of sp³-hybridized carbons (Fsp3) is 0.650. The van der Waals surface area contributed by atoms with Crippen molar-refractivity contribution in [3.63, 3.8) is 0 Å². The number of aromatic nitrogens is 1. The lowest BCUT2D eigenvalue weighted by Gasteiger charge is -2.35. The summed E-state index contributed by atoms with van der Waals surface area (Å²) in [6.45, 7) is 8.57. The molecule has 150 valence electrons. The summed E-state index contributed by atoms with van der Waals surface area (Å²) in [6, 6.07) is 1.85. The second-order valence-electron chi connectivity index (χ2n) is 7.99. The van der Waals surface area contributed by atoms with Crippen LogP contribution in [-0.2, 0) is 14.3 Å². The number of pyridine rings is 1. The van der Waals surface area contributed by atoms with E-state index in [9.17, 15) is 9.59 Å². The Morgan fingerprint density at radius 2 is 2.07 bits per heavy atom. The Bertz CT molecular complexity index is 657. The first kappa shape index (κ1) is 21.0. The summed E-state index contributed by atoms with van der Waals surface area (Å²) in [4.78, 5) is 30.8. The number of nitrogens with zero attached hydrogens (tertiary/aromatic N) is 2. The van der Waals surface area contributed by atoms with Gasteiger partial charge in [-0.15, -0.1) is 0 Å². The predicted octanol–water partition coefficient (Wildman–Crippen LogP) is 3.59. The molecular formula is C20H31N3O4. The molecule has 1 N–H and O–H groups in total. The molecule has 2 atom stereocenters. The number of nitrogens with one attached hydrogen (secondary N) is 1. The third kappa shape index (κ3) is 6.41. The Morgan fingerprint density at radius 3 is 2.70 bits per heavy atom. The molecule has 1 aromatic heterocycles. The molecule has 0 radical (unpaired) electrons. The summed E-state index contributed by atoms with van der Waals surface area (Å²) in [6.07, 6.45) is 6.46. The fourth-order valence-corrected chi connectivity index (χ4v) is 3.23. The Balaban J connectivity index is 2.22. The topological polar surface area (TPSA) is 80.8 Å². The van der Waals surface area contributed by atoms with E-state index in [1.165, 1.54) is 13.5 Å². The standard InChI is InChI=1S/C20H31N3O4/c1-14-8-6-7-9-23(14)16-10-15(12-21-13-16)17(11-18(24)26-5)22-19(25)27-20(2,3)4/h10,12-14,17H,6-9,11H2,1-5H3,(H,22,25). The molecule has 1 aromatic rings. The van der Waals surface area contributed by atoms with E-state index in [-0.39, 0.29) is 6.42 Å². The monoisotopic (exact) mass is 377 g/mol. The zero-order valence-electron chi connectivity index (χ0n) is 16.9. The zero-order valence-corrected chi connectivity index (χ0v) is 16.9. The highest BCUT2D eigenvalue weighted by Crippen LogP contribution is 2.27. The first-order valence-corrected chi connectivity index (χ1v) is 9.47. The van der Waals surface area contributed by atoms with E-state index in [0.29, 0.717) is 6.04 Å². The lowest BCUT2D eigenvalue weighted by atomic mass is 10.0. The highest BCUT2D eigenvalue weighted by Gasteiger charge is 2.25. The quantitative estimate of drug-likeness (QED) is 0.790. The summed E-state index contributed by atoms with van der Waals surface area (Å²) < 4.78 is 10.1. The third-order valence-corrected chi connectivity index (χ3v) is 4.57. The molecule has 2 heterocycles. The van der Waals surface area contributed by atoms with Crippen LogP contribution in [0.2, 0.25) is 0 Å². The van der Waals surface area contributed by atoms with Gasteiger partial charge in [-0.2, -0.15) is 0 Å². The Morgan fingerprint density at radius 1 is 1.33 bits per heavy atom. The first-order valence-electron chi connectivity index (χ1n) is 9.47. The molecule has 2 rings (SSSR count). The molecule has 1 saturated heterocycles. The number of methoxy groups -OCH3 is 1. The van der Waals surface area contributed by atoms with Crippen molar-refractivity contribution >= 4 is 17.7 Å². The van der Waals surface area contributed by atoms with Gasteiger partial charge in [0, 0.05) is 18.8 Å². The van der Waals surface area contributed by atoms with E-state index in [4.69, 9.17) is 9.47 Å². The molecular weight excluding hydrogens is 346 g/mol.